The lowest BCUT2D eigenvalue weighted by atomic mass is 9.95. The highest BCUT2D eigenvalue weighted by Crippen LogP contribution is 2.39. The number of pyridine rings is 1. The lowest BCUT2D eigenvalue weighted by Gasteiger charge is -2.24. The largest absolute Gasteiger partial charge is 0.493 e. The van der Waals surface area contributed by atoms with E-state index in [1.165, 1.54) is 17.7 Å². The third-order valence-corrected chi connectivity index (χ3v) is 6.96. The molecule has 4 aromatic rings. The van der Waals surface area contributed by atoms with Gasteiger partial charge in [0.15, 0.2) is 11.5 Å². The monoisotopic (exact) mass is 502 g/mol. The van der Waals surface area contributed by atoms with Crippen LogP contribution in [0.3, 0.4) is 0 Å². The molecule has 194 valence electrons. The number of nitro groups is 1. The van der Waals surface area contributed by atoms with Gasteiger partial charge in [-0.05, 0) is 43.8 Å². The molecule has 0 saturated carbocycles. The summed E-state index contributed by atoms with van der Waals surface area (Å²) in [5.74, 6) is 1.43. The second-order valence-electron chi connectivity index (χ2n) is 8.97. The van der Waals surface area contributed by atoms with Crippen LogP contribution in [0, 0.1) is 10.1 Å². The predicted octanol–water partition coefficient (Wildman–Crippen LogP) is 6.24. The molecule has 1 aromatic heterocycles. The summed E-state index contributed by atoms with van der Waals surface area (Å²) in [5.41, 5.74) is 3.38. The quantitative estimate of drug-likeness (QED) is 0.139. The van der Waals surface area contributed by atoms with Crippen molar-refractivity contribution in [1.29, 1.82) is 0 Å². The van der Waals surface area contributed by atoms with E-state index in [0.29, 0.717) is 29.1 Å². The van der Waals surface area contributed by atoms with Crippen molar-refractivity contribution < 1.29 is 14.4 Å². The van der Waals surface area contributed by atoms with Gasteiger partial charge in [0.25, 0.3) is 5.69 Å². The Kier molecular flexibility index (Phi) is 8.40. The van der Waals surface area contributed by atoms with Gasteiger partial charge in [-0.25, -0.2) is 4.98 Å². The van der Waals surface area contributed by atoms with Gasteiger partial charge in [0.05, 0.1) is 35.9 Å². The van der Waals surface area contributed by atoms with E-state index in [0.717, 1.165) is 42.5 Å². The number of nitro benzene ring substituents is 1. The molecule has 3 aromatic carbocycles. The number of fused-ring (bicyclic) bond motifs is 2. The summed E-state index contributed by atoms with van der Waals surface area (Å²) < 4.78 is 11.1. The van der Waals surface area contributed by atoms with E-state index < -0.39 is 4.92 Å². The molecule has 1 unspecified atom stereocenters. The molecule has 0 aliphatic heterocycles. The van der Waals surface area contributed by atoms with Gasteiger partial charge in [-0.3, -0.25) is 10.1 Å². The van der Waals surface area contributed by atoms with Crippen molar-refractivity contribution in [2.24, 2.45) is 0 Å². The van der Waals surface area contributed by atoms with Crippen LogP contribution in [0.25, 0.3) is 21.8 Å². The number of aromatic nitrogens is 1. The van der Waals surface area contributed by atoms with Crippen LogP contribution < -0.4 is 14.8 Å². The molecule has 4 rings (SSSR count). The number of nitrogens with one attached hydrogen (secondary N) is 1. The van der Waals surface area contributed by atoms with Crippen LogP contribution in [0.5, 0.6) is 11.5 Å². The number of hydrogen-bond donors (Lipinski definition) is 1. The predicted molar refractivity (Wildman–Crippen MR) is 149 cm³/mol. The van der Waals surface area contributed by atoms with Crippen molar-refractivity contribution in [2.75, 3.05) is 45.7 Å². The first-order valence-electron chi connectivity index (χ1n) is 12.6. The van der Waals surface area contributed by atoms with Crippen molar-refractivity contribution >= 4 is 33.2 Å². The van der Waals surface area contributed by atoms with Gasteiger partial charge in [0, 0.05) is 41.4 Å². The minimum Gasteiger partial charge on any atom is -0.493 e. The van der Waals surface area contributed by atoms with Crippen LogP contribution in [0.1, 0.15) is 31.7 Å². The number of anilines is 1. The number of nitrogens with zero attached hydrogens (tertiary/aromatic N) is 3. The van der Waals surface area contributed by atoms with Gasteiger partial charge in [0.1, 0.15) is 0 Å². The summed E-state index contributed by atoms with van der Waals surface area (Å²) in [7, 11) is 3.18. The van der Waals surface area contributed by atoms with E-state index in [4.69, 9.17) is 14.5 Å². The topological polar surface area (TPSA) is 89.8 Å². The summed E-state index contributed by atoms with van der Waals surface area (Å²) in [5, 5.41) is 16.8. The average Bonchev–Trinajstić information content (AvgIpc) is 2.93. The number of non-ortho nitro benzene ring substituents is 1. The van der Waals surface area contributed by atoms with E-state index in [1.807, 2.05) is 18.2 Å². The SMILES string of the molecule is CCN(CC)CCC(CNc1c2ccc([N+](=O)[O-])cc2nc2cc(OC)c(OC)cc12)c1ccccc1. The van der Waals surface area contributed by atoms with Gasteiger partial charge in [0.2, 0.25) is 0 Å². The Morgan fingerprint density at radius 2 is 1.62 bits per heavy atom. The molecule has 37 heavy (non-hydrogen) atoms. The molecule has 0 saturated heterocycles. The summed E-state index contributed by atoms with van der Waals surface area (Å²) >= 11 is 0. The summed E-state index contributed by atoms with van der Waals surface area (Å²) in [4.78, 5) is 18.2. The Hall–Kier alpha value is -3.91. The molecule has 8 heteroatoms. The number of ether oxygens (including phenoxy) is 2. The second-order valence-corrected chi connectivity index (χ2v) is 8.97. The first kappa shape index (κ1) is 26.2. The fraction of sp³-hybridized carbons (Fsp3) is 0.345. The molecule has 0 aliphatic carbocycles. The van der Waals surface area contributed by atoms with Crippen molar-refractivity contribution in [3.8, 4) is 11.5 Å². The molecule has 0 spiro atoms. The number of hydrogen-bond acceptors (Lipinski definition) is 7. The fourth-order valence-electron chi connectivity index (χ4n) is 4.78. The Morgan fingerprint density at radius 1 is 0.946 bits per heavy atom. The molecule has 0 fully saturated rings. The zero-order valence-corrected chi connectivity index (χ0v) is 21.9. The average molecular weight is 503 g/mol. The van der Waals surface area contributed by atoms with E-state index in [1.54, 1.807) is 20.3 Å². The zero-order chi connectivity index (χ0) is 26.4. The normalized spacial score (nSPS) is 12.1. The Labute approximate surface area is 217 Å². The molecule has 0 aliphatic rings. The minimum atomic E-state index is -0.397. The van der Waals surface area contributed by atoms with Crippen LogP contribution in [0.2, 0.25) is 0 Å². The fourth-order valence-corrected chi connectivity index (χ4v) is 4.78. The molecular formula is C29H34N4O4. The Bertz CT molecular complexity index is 1370. The van der Waals surface area contributed by atoms with E-state index in [2.05, 4.69) is 48.3 Å². The molecule has 1 N–H and O–H groups in total. The molecule has 0 amide bonds. The van der Waals surface area contributed by atoms with Crippen molar-refractivity contribution in [2.45, 2.75) is 26.2 Å². The smallest absolute Gasteiger partial charge is 0.271 e. The summed E-state index contributed by atoms with van der Waals surface area (Å²) in [6, 6.07) is 19.1. The van der Waals surface area contributed by atoms with Crippen molar-refractivity contribution in [1.82, 2.24) is 9.88 Å². The molecule has 0 radical (unpaired) electrons. The minimum absolute atomic E-state index is 0.00663. The van der Waals surface area contributed by atoms with Crippen molar-refractivity contribution in [3.63, 3.8) is 0 Å². The molecular weight excluding hydrogens is 468 g/mol. The summed E-state index contributed by atoms with van der Waals surface area (Å²) in [6.07, 6.45) is 1.00. The van der Waals surface area contributed by atoms with Gasteiger partial charge < -0.3 is 19.7 Å². The standard InChI is InChI=1S/C29H34N4O4/c1-5-32(6-2)15-14-21(20-10-8-7-9-11-20)19-30-29-23-13-12-22(33(34)35)16-25(23)31-26-18-28(37-4)27(36-3)17-24(26)29/h7-13,16-18,21H,5-6,14-15,19H2,1-4H3,(H,30,31). The first-order valence-corrected chi connectivity index (χ1v) is 12.6. The molecule has 1 atom stereocenters. The van der Waals surface area contributed by atoms with E-state index >= 15 is 0 Å². The van der Waals surface area contributed by atoms with E-state index in [-0.39, 0.29) is 11.6 Å². The maximum absolute atomic E-state index is 11.4. The maximum Gasteiger partial charge on any atom is 0.271 e. The highest BCUT2D eigenvalue weighted by molar-refractivity contribution is 6.08. The van der Waals surface area contributed by atoms with Crippen LogP contribution >= 0.6 is 0 Å². The van der Waals surface area contributed by atoms with Gasteiger partial charge in [-0.15, -0.1) is 0 Å². The lowest BCUT2D eigenvalue weighted by Crippen LogP contribution is -2.26. The lowest BCUT2D eigenvalue weighted by molar-refractivity contribution is -0.384. The number of benzene rings is 3. The van der Waals surface area contributed by atoms with Crippen LogP contribution in [0.4, 0.5) is 11.4 Å². The van der Waals surface area contributed by atoms with E-state index in [9.17, 15) is 10.1 Å². The highest BCUT2D eigenvalue weighted by Gasteiger charge is 2.19. The third-order valence-electron chi connectivity index (χ3n) is 6.96. The van der Waals surface area contributed by atoms with Gasteiger partial charge in [-0.1, -0.05) is 44.2 Å². The third kappa shape index (κ3) is 5.75. The molecule has 1 heterocycles. The maximum atomic E-state index is 11.4. The summed E-state index contributed by atoms with van der Waals surface area (Å²) in [6.45, 7) is 8.12. The van der Waals surface area contributed by atoms with Gasteiger partial charge in [-0.2, -0.15) is 0 Å². The number of rotatable bonds is 12. The molecule has 8 nitrogen and oxygen atoms in total. The first-order chi connectivity index (χ1) is 18.0. The van der Waals surface area contributed by atoms with Crippen LogP contribution in [0.15, 0.2) is 60.7 Å². The second kappa shape index (κ2) is 11.9. The highest BCUT2D eigenvalue weighted by atomic mass is 16.6. The zero-order valence-electron chi connectivity index (χ0n) is 21.9. The van der Waals surface area contributed by atoms with Crippen LogP contribution in [-0.2, 0) is 0 Å². The van der Waals surface area contributed by atoms with Gasteiger partial charge >= 0.3 is 0 Å². The Morgan fingerprint density at radius 3 is 2.27 bits per heavy atom. The number of methoxy groups -OCH3 is 2. The molecule has 0 bridgehead atoms. The van der Waals surface area contributed by atoms with Crippen LogP contribution in [-0.4, -0.2) is 55.2 Å². The Balaban J connectivity index is 1.79. The van der Waals surface area contributed by atoms with Crippen molar-refractivity contribution in [3.05, 3.63) is 76.3 Å².